The van der Waals surface area contributed by atoms with Crippen LogP contribution in [-0.2, 0) is 0 Å². The van der Waals surface area contributed by atoms with Gasteiger partial charge in [-0.05, 0) is 6.07 Å². The Morgan fingerprint density at radius 1 is 1.65 bits per heavy atom. The van der Waals surface area contributed by atoms with Gasteiger partial charge in [-0.1, -0.05) is 0 Å². The average molecular weight is 255 g/mol. The molecule has 0 aromatic heterocycles. The maximum absolute atomic E-state index is 11.4. The van der Waals surface area contributed by atoms with Crippen molar-refractivity contribution in [2.45, 2.75) is 0 Å². The van der Waals surface area contributed by atoms with E-state index in [2.05, 4.69) is 0 Å². The molecule has 0 saturated heterocycles. The molecule has 0 aliphatic rings. The summed E-state index contributed by atoms with van der Waals surface area (Å²) in [4.78, 5) is 21.5. The van der Waals surface area contributed by atoms with E-state index in [1.807, 2.05) is 0 Å². The van der Waals surface area contributed by atoms with Crippen LogP contribution in [0.2, 0.25) is 0 Å². The number of nitro benzene ring substituents is 1. The minimum Gasteiger partial charge on any atom is -0.490 e. The molecule has 6 nitrogen and oxygen atoms in total. The van der Waals surface area contributed by atoms with Crippen LogP contribution in [0, 0.1) is 21.4 Å². The first-order chi connectivity index (χ1) is 8.04. The second-order valence-electron chi connectivity index (χ2n) is 3.00. The van der Waals surface area contributed by atoms with Gasteiger partial charge in [-0.2, -0.15) is 5.26 Å². The van der Waals surface area contributed by atoms with Gasteiger partial charge in [0.1, 0.15) is 6.07 Å². The summed E-state index contributed by atoms with van der Waals surface area (Å²) < 4.78 is 4.80. The molecular weight excluding hydrogens is 248 g/mol. The van der Waals surface area contributed by atoms with Crippen molar-refractivity contribution >= 4 is 23.1 Å². The Balaban J connectivity index is 3.50. The number of ether oxygens (including phenoxy) is 1. The minimum atomic E-state index is -0.686. The number of nitriles is 1. The summed E-state index contributed by atoms with van der Waals surface area (Å²) in [5.41, 5.74) is -0.441. The van der Waals surface area contributed by atoms with E-state index in [0.29, 0.717) is 0 Å². The smallest absolute Gasteiger partial charge is 0.312 e. The Hall–Kier alpha value is -2.13. The number of carbonyl (C=O) groups excluding carboxylic acids is 1. The van der Waals surface area contributed by atoms with Gasteiger partial charge >= 0.3 is 5.69 Å². The van der Waals surface area contributed by atoms with E-state index in [-0.39, 0.29) is 28.4 Å². The molecule has 0 aliphatic heterocycles. The molecule has 17 heavy (non-hydrogen) atoms. The number of hydrogen-bond acceptors (Lipinski definition) is 5. The third-order valence-corrected chi connectivity index (χ3v) is 2.30. The highest BCUT2D eigenvalue weighted by Gasteiger charge is 2.21. The number of alkyl halides is 1. The molecule has 0 spiro atoms. The lowest BCUT2D eigenvalue weighted by molar-refractivity contribution is -0.385. The number of nitro groups is 1. The first kappa shape index (κ1) is 12.9. The summed E-state index contributed by atoms with van der Waals surface area (Å²) in [7, 11) is 1.24. The first-order valence-electron chi connectivity index (χ1n) is 4.40. The Labute approximate surface area is 102 Å². The lowest BCUT2D eigenvalue weighted by atomic mass is 10.0. The zero-order chi connectivity index (χ0) is 13.0. The molecule has 0 unspecified atom stereocenters. The monoisotopic (exact) mass is 254 g/mol. The fourth-order valence-electron chi connectivity index (χ4n) is 1.27. The van der Waals surface area contributed by atoms with E-state index in [0.717, 1.165) is 12.1 Å². The molecule has 0 atom stereocenters. The highest BCUT2D eigenvalue weighted by molar-refractivity contribution is 6.30. The van der Waals surface area contributed by atoms with Crippen LogP contribution in [0.3, 0.4) is 0 Å². The van der Waals surface area contributed by atoms with E-state index in [4.69, 9.17) is 21.6 Å². The molecule has 0 aliphatic carbocycles. The Bertz CT molecular complexity index is 522. The number of carbonyl (C=O) groups is 1. The fourth-order valence-corrected chi connectivity index (χ4v) is 1.41. The summed E-state index contributed by atoms with van der Waals surface area (Å²) in [6, 6.07) is 3.87. The highest BCUT2D eigenvalue weighted by atomic mass is 35.5. The number of rotatable bonds is 4. The topological polar surface area (TPSA) is 93.2 Å². The maximum atomic E-state index is 11.4. The van der Waals surface area contributed by atoms with E-state index in [9.17, 15) is 14.9 Å². The van der Waals surface area contributed by atoms with Crippen molar-refractivity contribution in [1.82, 2.24) is 0 Å². The van der Waals surface area contributed by atoms with Crippen LogP contribution >= 0.6 is 11.6 Å². The van der Waals surface area contributed by atoms with Gasteiger partial charge in [0, 0.05) is 11.6 Å². The van der Waals surface area contributed by atoms with Crippen molar-refractivity contribution < 1.29 is 14.5 Å². The lowest BCUT2D eigenvalue weighted by Gasteiger charge is -2.05. The summed E-state index contributed by atoms with van der Waals surface area (Å²) in [6.07, 6.45) is 0. The van der Waals surface area contributed by atoms with Crippen LogP contribution < -0.4 is 4.74 Å². The van der Waals surface area contributed by atoms with E-state index in [1.165, 1.54) is 7.11 Å². The maximum Gasteiger partial charge on any atom is 0.312 e. The molecule has 88 valence electrons. The van der Waals surface area contributed by atoms with Gasteiger partial charge in [0.15, 0.2) is 11.5 Å². The second-order valence-corrected chi connectivity index (χ2v) is 3.26. The van der Waals surface area contributed by atoms with Crippen molar-refractivity contribution in [3.8, 4) is 11.8 Å². The normalized spacial score (nSPS) is 9.47. The molecule has 0 bridgehead atoms. The van der Waals surface area contributed by atoms with E-state index in [1.54, 1.807) is 6.07 Å². The zero-order valence-electron chi connectivity index (χ0n) is 8.77. The predicted octanol–water partition coefficient (Wildman–Crippen LogP) is 1.90. The van der Waals surface area contributed by atoms with Crippen LogP contribution in [0.4, 0.5) is 5.69 Å². The molecule has 1 aromatic carbocycles. The molecule has 1 rings (SSSR count). The minimum absolute atomic E-state index is 0.0185. The number of benzene rings is 1. The largest absolute Gasteiger partial charge is 0.490 e. The molecule has 0 N–H and O–H groups in total. The summed E-state index contributed by atoms with van der Waals surface area (Å²) in [5.74, 6) is -0.880. The summed E-state index contributed by atoms with van der Waals surface area (Å²) in [5, 5.41) is 19.5. The van der Waals surface area contributed by atoms with Gasteiger partial charge in [0.2, 0.25) is 0 Å². The van der Waals surface area contributed by atoms with E-state index >= 15 is 0 Å². The average Bonchev–Trinajstić information content (AvgIpc) is 2.35. The molecule has 1 aromatic rings. The molecule has 0 radical (unpaired) electrons. The third kappa shape index (κ3) is 2.52. The van der Waals surface area contributed by atoms with Gasteiger partial charge in [0.25, 0.3) is 0 Å². The first-order valence-corrected chi connectivity index (χ1v) is 4.94. The van der Waals surface area contributed by atoms with Crippen LogP contribution in [0.1, 0.15) is 15.9 Å². The number of hydrogen-bond donors (Lipinski definition) is 0. The second kappa shape index (κ2) is 5.27. The van der Waals surface area contributed by atoms with Crippen LogP contribution in [0.25, 0.3) is 0 Å². The molecule has 0 saturated carbocycles. The molecule has 7 heteroatoms. The molecule has 0 amide bonds. The SMILES string of the molecule is COc1cc(C(=O)CCl)c(C#N)cc1[N+](=O)[O-]. The number of nitrogens with zero attached hydrogens (tertiary/aromatic N) is 2. The van der Waals surface area contributed by atoms with Crippen molar-refractivity contribution in [2.75, 3.05) is 13.0 Å². The molecular formula is C10H7ClN2O4. The number of Topliss-reactive ketones (excluding diaryl/α,β-unsaturated/α-hetero) is 1. The number of halogens is 1. The Morgan fingerprint density at radius 3 is 2.71 bits per heavy atom. The van der Waals surface area contributed by atoms with Crippen LogP contribution in [-0.4, -0.2) is 23.7 Å². The van der Waals surface area contributed by atoms with Crippen molar-refractivity contribution in [1.29, 1.82) is 5.26 Å². The lowest BCUT2D eigenvalue weighted by Crippen LogP contribution is -2.05. The summed E-state index contributed by atoms with van der Waals surface area (Å²) in [6.45, 7) is 0. The van der Waals surface area contributed by atoms with Crippen LogP contribution in [0.5, 0.6) is 5.75 Å². The number of methoxy groups -OCH3 is 1. The van der Waals surface area contributed by atoms with E-state index < -0.39 is 10.7 Å². The van der Waals surface area contributed by atoms with Gasteiger partial charge in [-0.25, -0.2) is 0 Å². The van der Waals surface area contributed by atoms with Crippen molar-refractivity contribution in [2.24, 2.45) is 0 Å². The fraction of sp³-hybridized carbons (Fsp3) is 0.200. The highest BCUT2D eigenvalue weighted by Crippen LogP contribution is 2.30. The van der Waals surface area contributed by atoms with Gasteiger partial charge < -0.3 is 4.74 Å². The number of ketones is 1. The quantitative estimate of drug-likeness (QED) is 0.354. The standard InChI is InChI=1S/C10H7ClN2O4/c1-17-10-3-7(9(14)4-11)6(5-12)2-8(10)13(15)16/h2-3H,4H2,1H3. The predicted molar refractivity (Wildman–Crippen MR) is 59.4 cm³/mol. The van der Waals surface area contributed by atoms with Gasteiger partial charge in [-0.3, -0.25) is 14.9 Å². The van der Waals surface area contributed by atoms with Crippen molar-refractivity contribution in [3.05, 3.63) is 33.4 Å². The Kier molecular flexibility index (Phi) is 4.01. The zero-order valence-corrected chi connectivity index (χ0v) is 9.52. The van der Waals surface area contributed by atoms with Gasteiger partial charge in [-0.15, -0.1) is 11.6 Å². The molecule has 0 fully saturated rings. The van der Waals surface area contributed by atoms with Gasteiger partial charge in [0.05, 0.1) is 23.5 Å². The van der Waals surface area contributed by atoms with Crippen LogP contribution in [0.15, 0.2) is 12.1 Å². The summed E-state index contributed by atoms with van der Waals surface area (Å²) >= 11 is 5.38. The molecule has 0 heterocycles. The van der Waals surface area contributed by atoms with Crippen molar-refractivity contribution in [3.63, 3.8) is 0 Å². The third-order valence-electron chi connectivity index (χ3n) is 2.06. The Morgan fingerprint density at radius 2 is 2.29 bits per heavy atom.